The van der Waals surface area contributed by atoms with Crippen LogP contribution in [-0.2, 0) is 0 Å². The summed E-state index contributed by atoms with van der Waals surface area (Å²) in [6.07, 6.45) is 4.33. The molecule has 0 bridgehead atoms. The van der Waals surface area contributed by atoms with E-state index in [1.165, 1.54) is 12.8 Å². The molecule has 0 spiro atoms. The first kappa shape index (κ1) is 9.71. The van der Waals surface area contributed by atoms with Crippen molar-refractivity contribution in [1.29, 1.82) is 0 Å². The molecule has 1 fully saturated rings. The summed E-state index contributed by atoms with van der Waals surface area (Å²) in [5.74, 6) is 2.49. The standard InChI is InChI=1S/C10H14ClN3/c1-8-12-6-4-10(13-8)14(7-5-11)9-2-3-9/h4,6,9H,2-3,5,7H2,1H3. The van der Waals surface area contributed by atoms with Gasteiger partial charge in [0.05, 0.1) is 0 Å². The summed E-state index contributed by atoms with van der Waals surface area (Å²) in [6, 6.07) is 2.61. The number of hydrogen-bond donors (Lipinski definition) is 0. The van der Waals surface area contributed by atoms with Gasteiger partial charge in [0.2, 0.25) is 0 Å². The van der Waals surface area contributed by atoms with Crippen LogP contribution in [0.25, 0.3) is 0 Å². The van der Waals surface area contributed by atoms with Gasteiger partial charge in [0.25, 0.3) is 0 Å². The molecule has 0 radical (unpaired) electrons. The predicted molar refractivity (Wildman–Crippen MR) is 57.9 cm³/mol. The molecular formula is C10H14ClN3. The van der Waals surface area contributed by atoms with Crippen molar-refractivity contribution in [3.8, 4) is 0 Å². The number of aromatic nitrogens is 2. The van der Waals surface area contributed by atoms with Gasteiger partial charge in [-0.1, -0.05) is 0 Å². The first-order chi connectivity index (χ1) is 6.81. The highest BCUT2D eigenvalue weighted by Gasteiger charge is 2.29. The first-order valence-corrected chi connectivity index (χ1v) is 5.47. The highest BCUT2D eigenvalue weighted by atomic mass is 35.5. The van der Waals surface area contributed by atoms with Crippen LogP contribution in [0.1, 0.15) is 18.7 Å². The van der Waals surface area contributed by atoms with Crippen LogP contribution in [0.2, 0.25) is 0 Å². The van der Waals surface area contributed by atoms with E-state index in [1.807, 2.05) is 13.0 Å². The fourth-order valence-electron chi connectivity index (χ4n) is 1.57. The predicted octanol–water partition coefficient (Wildman–Crippen LogP) is 1.99. The van der Waals surface area contributed by atoms with Crippen LogP contribution in [0, 0.1) is 6.92 Å². The third-order valence-electron chi connectivity index (χ3n) is 2.37. The Bertz CT molecular complexity index is 312. The van der Waals surface area contributed by atoms with Crippen molar-refractivity contribution in [1.82, 2.24) is 9.97 Å². The molecule has 1 aliphatic carbocycles. The maximum absolute atomic E-state index is 5.77. The summed E-state index contributed by atoms with van der Waals surface area (Å²) in [5, 5.41) is 0. The number of anilines is 1. The van der Waals surface area contributed by atoms with Crippen molar-refractivity contribution in [2.75, 3.05) is 17.3 Å². The monoisotopic (exact) mass is 211 g/mol. The normalized spacial score (nSPS) is 15.6. The van der Waals surface area contributed by atoms with Crippen molar-refractivity contribution in [2.45, 2.75) is 25.8 Å². The third kappa shape index (κ3) is 2.15. The zero-order valence-electron chi connectivity index (χ0n) is 8.28. The Kier molecular flexibility index (Phi) is 2.87. The zero-order valence-corrected chi connectivity index (χ0v) is 9.04. The third-order valence-corrected chi connectivity index (χ3v) is 2.54. The Labute approximate surface area is 89.1 Å². The van der Waals surface area contributed by atoms with Crippen molar-refractivity contribution in [3.05, 3.63) is 18.1 Å². The molecule has 0 N–H and O–H groups in total. The molecule has 3 nitrogen and oxygen atoms in total. The summed E-state index contributed by atoms with van der Waals surface area (Å²) in [4.78, 5) is 10.8. The van der Waals surface area contributed by atoms with Crippen LogP contribution in [0.4, 0.5) is 5.82 Å². The summed E-state index contributed by atoms with van der Waals surface area (Å²) < 4.78 is 0. The number of halogens is 1. The van der Waals surface area contributed by atoms with E-state index in [9.17, 15) is 0 Å². The molecule has 1 aromatic rings. The van der Waals surface area contributed by atoms with Crippen LogP contribution in [0.15, 0.2) is 12.3 Å². The second-order valence-electron chi connectivity index (χ2n) is 3.58. The molecule has 0 aromatic carbocycles. The van der Waals surface area contributed by atoms with E-state index >= 15 is 0 Å². The second-order valence-corrected chi connectivity index (χ2v) is 3.95. The van der Waals surface area contributed by atoms with Crippen LogP contribution < -0.4 is 4.90 Å². The highest BCUT2D eigenvalue weighted by Crippen LogP contribution is 2.30. The maximum atomic E-state index is 5.77. The van der Waals surface area contributed by atoms with E-state index < -0.39 is 0 Å². The average Bonchev–Trinajstić information content (AvgIpc) is 2.97. The Morgan fingerprint density at radius 1 is 1.57 bits per heavy atom. The molecular weight excluding hydrogens is 198 g/mol. The van der Waals surface area contributed by atoms with E-state index in [0.29, 0.717) is 11.9 Å². The summed E-state index contributed by atoms with van der Waals surface area (Å²) in [5.41, 5.74) is 0. The number of nitrogens with zero attached hydrogens (tertiary/aromatic N) is 3. The van der Waals surface area contributed by atoms with Gasteiger partial charge in [0.15, 0.2) is 0 Å². The summed E-state index contributed by atoms with van der Waals surface area (Å²) in [6.45, 7) is 2.79. The number of alkyl halides is 1. The van der Waals surface area contributed by atoms with Gasteiger partial charge >= 0.3 is 0 Å². The lowest BCUT2D eigenvalue weighted by atomic mass is 10.4. The average molecular weight is 212 g/mol. The second kappa shape index (κ2) is 4.13. The largest absolute Gasteiger partial charge is 0.352 e. The van der Waals surface area contributed by atoms with E-state index in [4.69, 9.17) is 11.6 Å². The number of hydrogen-bond acceptors (Lipinski definition) is 3. The first-order valence-electron chi connectivity index (χ1n) is 4.93. The Morgan fingerprint density at radius 3 is 2.93 bits per heavy atom. The SMILES string of the molecule is Cc1nccc(N(CCCl)C2CC2)n1. The van der Waals surface area contributed by atoms with Gasteiger partial charge in [-0.3, -0.25) is 0 Å². The lowest BCUT2D eigenvalue weighted by Crippen LogP contribution is -2.28. The Balaban J connectivity index is 2.16. The van der Waals surface area contributed by atoms with Crippen LogP contribution in [0.5, 0.6) is 0 Å². The molecule has 1 saturated carbocycles. The van der Waals surface area contributed by atoms with Crippen molar-refractivity contribution in [3.63, 3.8) is 0 Å². The van der Waals surface area contributed by atoms with Crippen molar-refractivity contribution in [2.24, 2.45) is 0 Å². The molecule has 0 aliphatic heterocycles. The lowest BCUT2D eigenvalue weighted by Gasteiger charge is -2.22. The molecule has 1 aromatic heterocycles. The van der Waals surface area contributed by atoms with Gasteiger partial charge in [0.1, 0.15) is 11.6 Å². The van der Waals surface area contributed by atoms with Gasteiger partial charge in [-0.15, -0.1) is 11.6 Å². The molecule has 1 aliphatic rings. The van der Waals surface area contributed by atoms with Crippen molar-refractivity contribution < 1.29 is 0 Å². The van der Waals surface area contributed by atoms with Gasteiger partial charge in [0, 0.05) is 24.7 Å². The van der Waals surface area contributed by atoms with Gasteiger partial charge < -0.3 is 4.90 Å². The fourth-order valence-corrected chi connectivity index (χ4v) is 1.75. The lowest BCUT2D eigenvalue weighted by molar-refractivity contribution is 0.802. The van der Waals surface area contributed by atoms with Gasteiger partial charge in [-0.05, 0) is 25.8 Å². The maximum Gasteiger partial charge on any atom is 0.132 e. The van der Waals surface area contributed by atoms with E-state index in [-0.39, 0.29) is 0 Å². The Hall–Kier alpha value is -0.830. The minimum absolute atomic E-state index is 0.652. The molecule has 0 amide bonds. The summed E-state index contributed by atoms with van der Waals surface area (Å²) in [7, 11) is 0. The van der Waals surface area contributed by atoms with Crippen LogP contribution >= 0.6 is 11.6 Å². The van der Waals surface area contributed by atoms with Gasteiger partial charge in [-0.25, -0.2) is 9.97 Å². The molecule has 4 heteroatoms. The zero-order chi connectivity index (χ0) is 9.97. The smallest absolute Gasteiger partial charge is 0.132 e. The fraction of sp³-hybridized carbons (Fsp3) is 0.600. The van der Waals surface area contributed by atoms with E-state index in [1.54, 1.807) is 6.20 Å². The highest BCUT2D eigenvalue weighted by molar-refractivity contribution is 6.18. The molecule has 0 saturated heterocycles. The molecule has 76 valence electrons. The summed E-state index contributed by atoms with van der Waals surface area (Å²) >= 11 is 5.77. The molecule has 0 unspecified atom stereocenters. The molecule has 14 heavy (non-hydrogen) atoms. The topological polar surface area (TPSA) is 29.0 Å². The molecule has 0 atom stereocenters. The Morgan fingerprint density at radius 2 is 2.36 bits per heavy atom. The van der Waals surface area contributed by atoms with Crippen LogP contribution in [-0.4, -0.2) is 28.4 Å². The van der Waals surface area contributed by atoms with Crippen LogP contribution in [0.3, 0.4) is 0 Å². The number of aryl methyl sites for hydroxylation is 1. The van der Waals surface area contributed by atoms with E-state index in [2.05, 4.69) is 14.9 Å². The minimum Gasteiger partial charge on any atom is -0.352 e. The quantitative estimate of drug-likeness (QED) is 0.714. The number of rotatable bonds is 4. The van der Waals surface area contributed by atoms with E-state index in [0.717, 1.165) is 18.2 Å². The van der Waals surface area contributed by atoms with Crippen molar-refractivity contribution >= 4 is 17.4 Å². The molecule has 1 heterocycles. The molecule has 2 rings (SSSR count). The minimum atomic E-state index is 0.652. The van der Waals surface area contributed by atoms with Gasteiger partial charge in [-0.2, -0.15) is 0 Å².